The van der Waals surface area contributed by atoms with E-state index in [1.165, 1.54) is 0 Å². The van der Waals surface area contributed by atoms with Gasteiger partial charge in [-0.2, -0.15) is 0 Å². The van der Waals surface area contributed by atoms with Crippen LogP contribution < -0.4 is 5.56 Å². The molecule has 0 aliphatic carbocycles. The van der Waals surface area contributed by atoms with Crippen molar-refractivity contribution in [2.24, 2.45) is 5.92 Å². The summed E-state index contributed by atoms with van der Waals surface area (Å²) in [6.45, 7) is 13.2. The van der Waals surface area contributed by atoms with Crippen LogP contribution in [-0.4, -0.2) is 33.6 Å². The van der Waals surface area contributed by atoms with Crippen LogP contribution in [0.5, 0.6) is 0 Å². The van der Waals surface area contributed by atoms with Gasteiger partial charge < -0.3 is 4.90 Å². The topological polar surface area (TPSA) is 38.1 Å². The zero-order valence-electron chi connectivity index (χ0n) is 19.9. The Balaban J connectivity index is 1.79. The Morgan fingerprint density at radius 3 is 2.66 bits per heavy atom. The summed E-state index contributed by atoms with van der Waals surface area (Å²) < 4.78 is 16.6. The summed E-state index contributed by atoms with van der Waals surface area (Å²) in [4.78, 5) is 21.1. The molecule has 1 saturated heterocycles. The second kappa shape index (κ2) is 9.14. The maximum atomic E-state index is 14.7. The average molecular weight is 436 g/mol. The minimum absolute atomic E-state index is 0.0183. The lowest BCUT2D eigenvalue weighted by molar-refractivity contribution is 0.129. The Kier molecular flexibility index (Phi) is 6.47. The zero-order chi connectivity index (χ0) is 23.0. The molecule has 32 heavy (non-hydrogen) atoms. The van der Waals surface area contributed by atoms with Gasteiger partial charge in [0, 0.05) is 30.6 Å². The van der Waals surface area contributed by atoms with Crippen molar-refractivity contribution < 1.29 is 4.39 Å². The summed E-state index contributed by atoms with van der Waals surface area (Å²) in [6, 6.07) is 11.4. The van der Waals surface area contributed by atoms with Gasteiger partial charge in [-0.1, -0.05) is 38.1 Å². The van der Waals surface area contributed by atoms with Crippen molar-refractivity contribution in [2.75, 3.05) is 13.1 Å². The molecule has 0 saturated carbocycles. The van der Waals surface area contributed by atoms with Crippen LogP contribution >= 0.6 is 0 Å². The summed E-state index contributed by atoms with van der Waals surface area (Å²) in [5, 5.41) is 0.560. The molecule has 5 heteroatoms. The SMILES string of the molecule is Cc1cccc(-c2ccc3nc(C(C)C)n(C[C@H]4CCCN(C(C)C)C4)c(=O)c3c2)c1F. The molecule has 4 rings (SSSR count). The number of likely N-dealkylation sites (tertiary alicyclic amines) is 1. The lowest BCUT2D eigenvalue weighted by atomic mass is 9.96. The second-order valence-corrected chi connectivity index (χ2v) is 9.81. The van der Waals surface area contributed by atoms with E-state index in [2.05, 4.69) is 32.6 Å². The minimum Gasteiger partial charge on any atom is -0.301 e. The molecule has 1 fully saturated rings. The fourth-order valence-electron chi connectivity index (χ4n) is 4.87. The predicted octanol–water partition coefficient (Wildman–Crippen LogP) is 5.75. The molecule has 2 heterocycles. The van der Waals surface area contributed by atoms with Crippen LogP contribution in [0, 0.1) is 18.7 Å². The highest BCUT2D eigenvalue weighted by Gasteiger charge is 2.24. The Bertz CT molecular complexity index is 1180. The van der Waals surface area contributed by atoms with Crippen LogP contribution in [-0.2, 0) is 6.54 Å². The largest absolute Gasteiger partial charge is 0.301 e. The van der Waals surface area contributed by atoms with Crippen LogP contribution in [0.4, 0.5) is 4.39 Å². The van der Waals surface area contributed by atoms with Gasteiger partial charge in [0.05, 0.1) is 10.9 Å². The number of nitrogens with zero attached hydrogens (tertiary/aromatic N) is 3. The van der Waals surface area contributed by atoms with Crippen molar-refractivity contribution in [2.45, 2.75) is 66.0 Å². The molecule has 3 aromatic rings. The fourth-order valence-corrected chi connectivity index (χ4v) is 4.87. The first kappa shape index (κ1) is 22.7. The number of hydrogen-bond acceptors (Lipinski definition) is 3. The molecule has 170 valence electrons. The van der Waals surface area contributed by atoms with Gasteiger partial charge in [-0.25, -0.2) is 9.37 Å². The lowest BCUT2D eigenvalue weighted by Gasteiger charge is -2.36. The van der Waals surface area contributed by atoms with Gasteiger partial charge in [0.15, 0.2) is 0 Å². The summed E-state index contributed by atoms with van der Waals surface area (Å²) in [7, 11) is 0. The van der Waals surface area contributed by atoms with E-state index in [9.17, 15) is 9.18 Å². The van der Waals surface area contributed by atoms with Crippen LogP contribution in [0.2, 0.25) is 0 Å². The van der Waals surface area contributed by atoms with Crippen molar-refractivity contribution in [3.8, 4) is 11.1 Å². The van der Waals surface area contributed by atoms with Crippen LogP contribution in [0.15, 0.2) is 41.2 Å². The van der Waals surface area contributed by atoms with Crippen molar-refractivity contribution in [1.29, 1.82) is 0 Å². The molecule has 1 atom stereocenters. The molecule has 4 nitrogen and oxygen atoms in total. The average Bonchev–Trinajstić information content (AvgIpc) is 2.77. The lowest BCUT2D eigenvalue weighted by Crippen LogP contribution is -2.42. The highest BCUT2D eigenvalue weighted by molar-refractivity contribution is 5.84. The Morgan fingerprint density at radius 2 is 1.94 bits per heavy atom. The van der Waals surface area contributed by atoms with Gasteiger partial charge in [0.25, 0.3) is 5.56 Å². The first-order chi connectivity index (χ1) is 15.3. The third-order valence-corrected chi connectivity index (χ3v) is 6.72. The van der Waals surface area contributed by atoms with Crippen molar-refractivity contribution in [1.82, 2.24) is 14.5 Å². The normalized spacial score (nSPS) is 17.6. The molecule has 0 spiro atoms. The zero-order valence-corrected chi connectivity index (χ0v) is 19.9. The number of piperidine rings is 1. The van der Waals surface area contributed by atoms with Crippen LogP contribution in [0.25, 0.3) is 22.0 Å². The van der Waals surface area contributed by atoms with E-state index < -0.39 is 0 Å². The quantitative estimate of drug-likeness (QED) is 0.512. The van der Waals surface area contributed by atoms with E-state index in [-0.39, 0.29) is 17.3 Å². The Labute approximate surface area is 190 Å². The van der Waals surface area contributed by atoms with Crippen molar-refractivity contribution >= 4 is 10.9 Å². The molecule has 1 aliphatic rings. The van der Waals surface area contributed by atoms with Crippen LogP contribution in [0.1, 0.15) is 57.8 Å². The number of rotatable bonds is 5. The molecule has 0 radical (unpaired) electrons. The molecular weight excluding hydrogens is 401 g/mol. The minimum atomic E-state index is -0.241. The summed E-state index contributed by atoms with van der Waals surface area (Å²) >= 11 is 0. The summed E-state index contributed by atoms with van der Waals surface area (Å²) in [5.41, 5.74) is 2.49. The van der Waals surface area contributed by atoms with Gasteiger partial charge in [0.1, 0.15) is 11.6 Å². The first-order valence-corrected chi connectivity index (χ1v) is 11.8. The van der Waals surface area contributed by atoms with E-state index >= 15 is 0 Å². The maximum Gasteiger partial charge on any atom is 0.261 e. The molecule has 2 aromatic carbocycles. The molecule has 0 bridgehead atoms. The number of hydrogen-bond donors (Lipinski definition) is 0. The molecule has 0 unspecified atom stereocenters. The van der Waals surface area contributed by atoms with Crippen LogP contribution in [0.3, 0.4) is 0 Å². The summed E-state index contributed by atoms with van der Waals surface area (Å²) in [6.07, 6.45) is 2.28. The molecular formula is C27H34FN3O. The monoisotopic (exact) mass is 435 g/mol. The van der Waals surface area contributed by atoms with E-state index in [0.717, 1.165) is 31.8 Å². The molecule has 0 amide bonds. The highest BCUT2D eigenvalue weighted by Crippen LogP contribution is 2.28. The predicted molar refractivity (Wildman–Crippen MR) is 130 cm³/mol. The number of benzene rings is 2. The third kappa shape index (κ3) is 4.36. The van der Waals surface area contributed by atoms with Gasteiger partial charge in [0.2, 0.25) is 0 Å². The highest BCUT2D eigenvalue weighted by atomic mass is 19.1. The number of aryl methyl sites for hydroxylation is 1. The molecule has 1 aromatic heterocycles. The van der Waals surface area contributed by atoms with Crippen molar-refractivity contribution in [3.63, 3.8) is 0 Å². The van der Waals surface area contributed by atoms with Gasteiger partial charge >= 0.3 is 0 Å². The number of fused-ring (bicyclic) bond motifs is 1. The standard InChI is InChI=1S/C27H34FN3O/c1-17(2)26-29-24-12-11-21(22-10-6-8-19(5)25(22)28)14-23(24)27(32)31(26)16-20-9-7-13-30(15-20)18(3)4/h6,8,10-12,14,17-18,20H,7,9,13,15-16H2,1-5H3/t20-/m0/s1. The maximum absolute atomic E-state index is 14.7. The van der Waals surface area contributed by atoms with Gasteiger partial charge in [-0.15, -0.1) is 0 Å². The molecule has 1 aliphatic heterocycles. The second-order valence-electron chi connectivity index (χ2n) is 9.81. The van der Waals surface area contributed by atoms with E-state index in [0.29, 0.717) is 46.1 Å². The van der Waals surface area contributed by atoms with Gasteiger partial charge in [-0.05, 0) is 69.3 Å². The first-order valence-electron chi connectivity index (χ1n) is 11.8. The smallest absolute Gasteiger partial charge is 0.261 e. The van der Waals surface area contributed by atoms with Crippen molar-refractivity contribution in [3.05, 3.63) is 64.0 Å². The fraction of sp³-hybridized carbons (Fsp3) is 0.481. The Morgan fingerprint density at radius 1 is 1.16 bits per heavy atom. The van der Waals surface area contributed by atoms with Gasteiger partial charge in [-0.3, -0.25) is 9.36 Å². The van der Waals surface area contributed by atoms with E-state index in [1.807, 2.05) is 28.8 Å². The molecule has 0 N–H and O–H groups in total. The Hall–Kier alpha value is -2.53. The number of aromatic nitrogens is 2. The van der Waals surface area contributed by atoms with E-state index in [1.54, 1.807) is 19.1 Å². The van der Waals surface area contributed by atoms with E-state index in [4.69, 9.17) is 4.98 Å². The third-order valence-electron chi connectivity index (χ3n) is 6.72. The summed E-state index contributed by atoms with van der Waals surface area (Å²) in [5.74, 6) is 1.16. The number of halogens is 1.